The first-order valence-electron chi connectivity index (χ1n) is 11.4. The van der Waals surface area contributed by atoms with E-state index < -0.39 is 0 Å². The van der Waals surface area contributed by atoms with E-state index in [4.69, 9.17) is 4.74 Å². The van der Waals surface area contributed by atoms with Crippen molar-refractivity contribution in [2.24, 2.45) is 11.0 Å². The Balaban J connectivity index is 1.30. The molecule has 0 radical (unpaired) electrons. The molecule has 33 heavy (non-hydrogen) atoms. The van der Waals surface area contributed by atoms with E-state index in [1.165, 1.54) is 6.42 Å². The first kappa shape index (κ1) is 22.5. The van der Waals surface area contributed by atoms with Crippen molar-refractivity contribution in [1.82, 2.24) is 5.43 Å². The second kappa shape index (κ2) is 10.8. The smallest absolute Gasteiger partial charge is 0.277 e. The van der Waals surface area contributed by atoms with Crippen LogP contribution in [-0.2, 0) is 9.59 Å². The molecule has 1 aliphatic rings. The number of rotatable bonds is 7. The quantitative estimate of drug-likeness (QED) is 0.385. The van der Waals surface area contributed by atoms with Gasteiger partial charge in [-0.15, -0.1) is 0 Å². The van der Waals surface area contributed by atoms with E-state index in [1.54, 1.807) is 0 Å². The summed E-state index contributed by atoms with van der Waals surface area (Å²) in [7, 11) is 0. The topological polar surface area (TPSA) is 79.8 Å². The van der Waals surface area contributed by atoms with Gasteiger partial charge in [0.1, 0.15) is 5.75 Å². The summed E-state index contributed by atoms with van der Waals surface area (Å²) in [6, 6.07) is 21.2. The van der Waals surface area contributed by atoms with Crippen LogP contribution in [0.4, 0.5) is 5.69 Å². The second-order valence-corrected chi connectivity index (χ2v) is 8.43. The molecule has 1 saturated carbocycles. The molecule has 6 heteroatoms. The number of hydrogen-bond acceptors (Lipinski definition) is 4. The molecule has 0 aromatic heterocycles. The van der Waals surface area contributed by atoms with E-state index in [9.17, 15) is 9.59 Å². The van der Waals surface area contributed by atoms with Crippen molar-refractivity contribution in [3.05, 3.63) is 72.3 Å². The van der Waals surface area contributed by atoms with Crippen molar-refractivity contribution in [1.29, 1.82) is 0 Å². The Labute approximate surface area is 194 Å². The molecule has 0 saturated heterocycles. The molecule has 0 spiro atoms. The van der Waals surface area contributed by atoms with Crippen LogP contribution in [0, 0.1) is 5.92 Å². The summed E-state index contributed by atoms with van der Waals surface area (Å²) in [5.74, 6) is 0.467. The van der Waals surface area contributed by atoms with Crippen molar-refractivity contribution >= 4 is 34.0 Å². The highest BCUT2D eigenvalue weighted by molar-refractivity contribution is 6.01. The molecule has 1 aliphatic carbocycles. The highest BCUT2D eigenvalue weighted by atomic mass is 16.5. The lowest BCUT2D eigenvalue weighted by Gasteiger charge is -2.20. The normalized spacial score (nSPS) is 14.6. The maximum Gasteiger partial charge on any atom is 0.277 e. The standard InChI is InChI=1S/C27H29N3O3/c1-19(22-12-7-13-24(16-22)28-27(32)21-9-3-2-4-10-21)29-30-26(31)18-33-25-15-14-20-8-5-6-11-23(20)17-25/h5-8,11-17,21H,2-4,9-10,18H2,1H3,(H,28,32)(H,30,31). The number of amides is 2. The van der Waals surface area contributed by atoms with Gasteiger partial charge >= 0.3 is 0 Å². The number of ether oxygens (including phenoxy) is 1. The maximum absolute atomic E-state index is 12.5. The van der Waals surface area contributed by atoms with Crippen LogP contribution < -0.4 is 15.5 Å². The van der Waals surface area contributed by atoms with Gasteiger partial charge in [0.25, 0.3) is 5.91 Å². The molecule has 3 aromatic carbocycles. The van der Waals surface area contributed by atoms with Crippen LogP contribution in [0.25, 0.3) is 10.8 Å². The minimum absolute atomic E-state index is 0.0839. The van der Waals surface area contributed by atoms with Crippen LogP contribution in [0.2, 0.25) is 0 Å². The Kier molecular flexibility index (Phi) is 7.35. The average Bonchev–Trinajstić information content (AvgIpc) is 2.86. The molecular weight excluding hydrogens is 414 g/mol. The largest absolute Gasteiger partial charge is 0.484 e. The number of carbonyl (C=O) groups is 2. The molecule has 0 atom stereocenters. The Morgan fingerprint density at radius 2 is 1.73 bits per heavy atom. The summed E-state index contributed by atoms with van der Waals surface area (Å²) in [6.45, 7) is 1.68. The molecule has 0 aliphatic heterocycles. The minimum Gasteiger partial charge on any atom is -0.484 e. The predicted octanol–water partition coefficient (Wildman–Crippen LogP) is 5.28. The first-order chi connectivity index (χ1) is 16.1. The van der Waals surface area contributed by atoms with Gasteiger partial charge in [-0.3, -0.25) is 9.59 Å². The third-order valence-electron chi connectivity index (χ3n) is 5.96. The lowest BCUT2D eigenvalue weighted by Crippen LogP contribution is -2.26. The monoisotopic (exact) mass is 443 g/mol. The number of carbonyl (C=O) groups excluding carboxylic acids is 2. The summed E-state index contributed by atoms with van der Waals surface area (Å²) < 4.78 is 5.61. The number of nitrogens with zero attached hydrogens (tertiary/aromatic N) is 1. The van der Waals surface area contributed by atoms with Gasteiger partial charge in [-0.2, -0.15) is 5.10 Å². The molecule has 0 heterocycles. The Bertz CT molecular complexity index is 1170. The predicted molar refractivity (Wildman–Crippen MR) is 131 cm³/mol. The molecule has 2 N–H and O–H groups in total. The van der Waals surface area contributed by atoms with Crippen molar-refractivity contribution in [2.45, 2.75) is 39.0 Å². The lowest BCUT2D eigenvalue weighted by molar-refractivity contribution is -0.123. The maximum atomic E-state index is 12.5. The van der Waals surface area contributed by atoms with E-state index in [0.29, 0.717) is 11.5 Å². The van der Waals surface area contributed by atoms with Crippen LogP contribution in [0.1, 0.15) is 44.6 Å². The number of nitrogens with one attached hydrogen (secondary N) is 2. The van der Waals surface area contributed by atoms with Gasteiger partial charge < -0.3 is 10.1 Å². The Hall–Kier alpha value is -3.67. The van der Waals surface area contributed by atoms with Crippen LogP contribution in [0.5, 0.6) is 5.75 Å². The molecule has 3 aromatic rings. The zero-order valence-electron chi connectivity index (χ0n) is 18.8. The molecule has 2 amide bonds. The van der Waals surface area contributed by atoms with Crippen LogP contribution >= 0.6 is 0 Å². The SMILES string of the molecule is CC(=NNC(=O)COc1ccc2ccccc2c1)c1cccc(NC(=O)C2CCCCC2)c1. The summed E-state index contributed by atoms with van der Waals surface area (Å²) in [6.07, 6.45) is 5.37. The van der Waals surface area contributed by atoms with Gasteiger partial charge in [-0.1, -0.05) is 61.7 Å². The zero-order chi connectivity index (χ0) is 23.0. The molecule has 170 valence electrons. The molecular formula is C27H29N3O3. The van der Waals surface area contributed by atoms with Gasteiger partial charge in [-0.05, 0) is 60.4 Å². The van der Waals surface area contributed by atoms with E-state index >= 15 is 0 Å². The lowest BCUT2D eigenvalue weighted by atomic mass is 9.88. The summed E-state index contributed by atoms with van der Waals surface area (Å²) in [5, 5.41) is 9.39. The molecule has 0 bridgehead atoms. The number of hydrazone groups is 1. The first-order valence-corrected chi connectivity index (χ1v) is 11.4. The van der Waals surface area contributed by atoms with Gasteiger partial charge in [0.05, 0.1) is 5.71 Å². The Morgan fingerprint density at radius 3 is 2.55 bits per heavy atom. The van der Waals surface area contributed by atoms with Crippen LogP contribution in [-0.4, -0.2) is 24.1 Å². The molecule has 0 unspecified atom stereocenters. The summed E-state index contributed by atoms with van der Waals surface area (Å²) >= 11 is 0. The van der Waals surface area contributed by atoms with E-state index in [0.717, 1.165) is 47.7 Å². The van der Waals surface area contributed by atoms with Crippen LogP contribution in [0.15, 0.2) is 71.8 Å². The van der Waals surface area contributed by atoms with Crippen molar-refractivity contribution in [3.8, 4) is 5.75 Å². The fraction of sp³-hybridized carbons (Fsp3) is 0.296. The van der Waals surface area contributed by atoms with Gasteiger partial charge in [0.2, 0.25) is 5.91 Å². The zero-order valence-corrected chi connectivity index (χ0v) is 18.8. The highest BCUT2D eigenvalue weighted by Crippen LogP contribution is 2.25. The van der Waals surface area contributed by atoms with Crippen molar-refractivity contribution < 1.29 is 14.3 Å². The van der Waals surface area contributed by atoms with Crippen molar-refractivity contribution in [2.75, 3.05) is 11.9 Å². The number of fused-ring (bicyclic) bond motifs is 1. The number of anilines is 1. The van der Waals surface area contributed by atoms with Gasteiger partial charge in [-0.25, -0.2) is 5.43 Å². The highest BCUT2D eigenvalue weighted by Gasteiger charge is 2.21. The van der Waals surface area contributed by atoms with E-state index in [1.807, 2.05) is 73.7 Å². The third-order valence-corrected chi connectivity index (χ3v) is 5.96. The summed E-state index contributed by atoms with van der Waals surface area (Å²) in [5.41, 5.74) is 4.74. The second-order valence-electron chi connectivity index (χ2n) is 8.43. The van der Waals surface area contributed by atoms with Crippen molar-refractivity contribution in [3.63, 3.8) is 0 Å². The van der Waals surface area contributed by atoms with E-state index in [2.05, 4.69) is 15.8 Å². The fourth-order valence-corrected chi connectivity index (χ4v) is 4.08. The van der Waals surface area contributed by atoms with E-state index in [-0.39, 0.29) is 24.3 Å². The minimum atomic E-state index is -0.343. The summed E-state index contributed by atoms with van der Waals surface area (Å²) in [4.78, 5) is 24.7. The molecule has 6 nitrogen and oxygen atoms in total. The molecule has 4 rings (SSSR count). The average molecular weight is 444 g/mol. The van der Waals surface area contributed by atoms with Gasteiger partial charge in [0.15, 0.2) is 6.61 Å². The fourth-order valence-electron chi connectivity index (χ4n) is 4.08. The van der Waals surface area contributed by atoms with Gasteiger partial charge in [0, 0.05) is 11.6 Å². The molecule has 1 fully saturated rings. The Morgan fingerprint density at radius 1 is 0.939 bits per heavy atom. The van der Waals surface area contributed by atoms with Crippen LogP contribution in [0.3, 0.4) is 0 Å². The number of hydrogen-bond donors (Lipinski definition) is 2. The third kappa shape index (κ3) is 6.19. The number of benzene rings is 3.